The maximum atomic E-state index is 5.49. The average molecular weight is 477 g/mol. The molecule has 3 heterocycles. The molecule has 2 aromatic carbocycles. The molecule has 1 aromatic heterocycles. The molecule has 0 radical (unpaired) electrons. The van der Waals surface area contributed by atoms with Gasteiger partial charge in [-0.05, 0) is 100 Å². The number of likely N-dealkylation sites (tertiary alicyclic amines) is 1. The number of rotatable bonds is 6. The number of aryl methyl sites for hydroxylation is 1. The van der Waals surface area contributed by atoms with E-state index < -0.39 is 0 Å². The average Bonchev–Trinajstić information content (AvgIpc) is 3.33. The summed E-state index contributed by atoms with van der Waals surface area (Å²) in [5, 5.41) is 3.77. The molecule has 0 spiro atoms. The molecule has 2 saturated heterocycles. The van der Waals surface area contributed by atoms with Gasteiger partial charge in [0.15, 0.2) is 11.5 Å². The third-order valence-corrected chi connectivity index (χ3v) is 8.17. The molecule has 188 valence electrons. The molecule has 0 saturated carbocycles. The molecule has 5 rings (SSSR count). The molecule has 0 aliphatic carbocycles. The van der Waals surface area contributed by atoms with E-state index in [0.29, 0.717) is 23.8 Å². The van der Waals surface area contributed by atoms with Crippen LogP contribution < -0.4 is 14.8 Å². The highest BCUT2D eigenvalue weighted by Gasteiger charge is 2.32. The number of nitrogens with one attached hydrogen (secondary N) is 2. The summed E-state index contributed by atoms with van der Waals surface area (Å²) in [5.41, 5.74) is 5.84. The van der Waals surface area contributed by atoms with Crippen molar-refractivity contribution in [3.63, 3.8) is 0 Å². The Balaban J connectivity index is 1.32. The number of benzene rings is 2. The lowest BCUT2D eigenvalue weighted by Gasteiger charge is -2.43. The summed E-state index contributed by atoms with van der Waals surface area (Å²) in [4.78, 5) is 11.3. The van der Waals surface area contributed by atoms with Crippen LogP contribution in [0.2, 0.25) is 0 Å². The summed E-state index contributed by atoms with van der Waals surface area (Å²) < 4.78 is 10.9. The number of hydrogen-bond acceptors (Lipinski definition) is 5. The first-order valence-electron chi connectivity index (χ1n) is 13.2. The van der Waals surface area contributed by atoms with Crippen LogP contribution in [-0.4, -0.2) is 60.3 Å². The zero-order valence-corrected chi connectivity index (χ0v) is 21.9. The van der Waals surface area contributed by atoms with Crippen molar-refractivity contribution in [3.05, 3.63) is 41.5 Å². The molecule has 6 nitrogen and oxygen atoms in total. The Morgan fingerprint density at radius 2 is 1.80 bits per heavy atom. The van der Waals surface area contributed by atoms with E-state index in [1.165, 1.54) is 56.3 Å². The van der Waals surface area contributed by atoms with Crippen molar-refractivity contribution in [1.29, 1.82) is 0 Å². The summed E-state index contributed by atoms with van der Waals surface area (Å²) in [6.07, 6.45) is 6.27. The van der Waals surface area contributed by atoms with Crippen LogP contribution >= 0.6 is 0 Å². The van der Waals surface area contributed by atoms with Crippen LogP contribution in [0.15, 0.2) is 30.3 Å². The Labute approximate surface area is 209 Å². The minimum absolute atomic E-state index is 0.614. The molecule has 3 aromatic rings. The van der Waals surface area contributed by atoms with Gasteiger partial charge in [0, 0.05) is 23.7 Å². The number of methoxy groups -OCH3 is 2. The third-order valence-electron chi connectivity index (χ3n) is 8.17. The van der Waals surface area contributed by atoms with Crippen molar-refractivity contribution in [1.82, 2.24) is 20.2 Å². The van der Waals surface area contributed by atoms with Crippen LogP contribution in [-0.2, 0) is 0 Å². The van der Waals surface area contributed by atoms with E-state index in [0.717, 1.165) is 34.2 Å². The normalized spacial score (nSPS) is 24.1. The van der Waals surface area contributed by atoms with Gasteiger partial charge >= 0.3 is 0 Å². The van der Waals surface area contributed by atoms with Gasteiger partial charge in [0.05, 0.1) is 25.3 Å². The van der Waals surface area contributed by atoms with Crippen molar-refractivity contribution in [3.8, 4) is 22.9 Å². The predicted molar refractivity (Wildman–Crippen MR) is 143 cm³/mol. The summed E-state index contributed by atoms with van der Waals surface area (Å²) >= 11 is 0. The smallest absolute Gasteiger partial charge is 0.161 e. The fourth-order valence-electron chi connectivity index (χ4n) is 6.23. The summed E-state index contributed by atoms with van der Waals surface area (Å²) in [5.74, 6) is 2.91. The summed E-state index contributed by atoms with van der Waals surface area (Å²) in [6.45, 7) is 9.25. The Bertz CT molecular complexity index is 1160. The van der Waals surface area contributed by atoms with Crippen molar-refractivity contribution in [2.45, 2.75) is 76.9 Å². The van der Waals surface area contributed by atoms with Gasteiger partial charge in [0.2, 0.25) is 0 Å². The van der Waals surface area contributed by atoms with Gasteiger partial charge in [-0.2, -0.15) is 0 Å². The maximum absolute atomic E-state index is 5.49. The molecule has 2 fully saturated rings. The first-order valence-corrected chi connectivity index (χ1v) is 13.2. The van der Waals surface area contributed by atoms with Gasteiger partial charge in [0.25, 0.3) is 0 Å². The molecular weight excluding hydrogens is 436 g/mol. The molecule has 0 bridgehead atoms. The Hall–Kier alpha value is -2.57. The second-order valence-electron chi connectivity index (χ2n) is 10.5. The topological polar surface area (TPSA) is 62.4 Å². The van der Waals surface area contributed by atoms with E-state index in [1.54, 1.807) is 14.2 Å². The Kier molecular flexibility index (Phi) is 7.03. The number of imidazole rings is 1. The minimum atomic E-state index is 0.614. The lowest BCUT2D eigenvalue weighted by molar-refractivity contribution is 0.0984. The van der Waals surface area contributed by atoms with E-state index in [1.807, 2.05) is 18.2 Å². The number of aromatic nitrogens is 2. The second kappa shape index (κ2) is 10.2. The number of H-pyrrole nitrogens is 1. The first-order chi connectivity index (χ1) is 17.0. The Morgan fingerprint density at radius 3 is 2.51 bits per heavy atom. The molecule has 3 atom stereocenters. The van der Waals surface area contributed by atoms with Gasteiger partial charge in [0.1, 0.15) is 5.82 Å². The monoisotopic (exact) mass is 476 g/mol. The second-order valence-corrected chi connectivity index (χ2v) is 10.5. The van der Waals surface area contributed by atoms with Gasteiger partial charge in [-0.1, -0.05) is 13.0 Å². The quantitative estimate of drug-likeness (QED) is 0.481. The molecule has 35 heavy (non-hydrogen) atoms. The van der Waals surface area contributed by atoms with Gasteiger partial charge < -0.3 is 24.7 Å². The van der Waals surface area contributed by atoms with E-state index in [2.05, 4.69) is 48.1 Å². The highest BCUT2D eigenvalue weighted by molar-refractivity contribution is 5.83. The van der Waals surface area contributed by atoms with Crippen LogP contribution in [0.5, 0.6) is 11.5 Å². The van der Waals surface area contributed by atoms with Crippen molar-refractivity contribution in [2.75, 3.05) is 27.3 Å². The van der Waals surface area contributed by atoms with Gasteiger partial charge in [-0.3, -0.25) is 0 Å². The summed E-state index contributed by atoms with van der Waals surface area (Å²) in [7, 11) is 3.32. The number of piperidine rings is 2. The van der Waals surface area contributed by atoms with Crippen LogP contribution in [0, 0.1) is 6.92 Å². The Morgan fingerprint density at radius 1 is 1.03 bits per heavy atom. The van der Waals surface area contributed by atoms with Crippen LogP contribution in [0.25, 0.3) is 22.4 Å². The van der Waals surface area contributed by atoms with Crippen molar-refractivity contribution in [2.24, 2.45) is 0 Å². The zero-order chi connectivity index (χ0) is 24.5. The first kappa shape index (κ1) is 24.1. The number of fused-ring (bicyclic) bond motifs is 1. The van der Waals surface area contributed by atoms with Gasteiger partial charge in [-0.25, -0.2) is 4.98 Å². The fourth-order valence-corrected chi connectivity index (χ4v) is 6.23. The molecular formula is C29H40N4O2. The number of hydrogen-bond donors (Lipinski definition) is 2. The van der Waals surface area contributed by atoms with E-state index in [4.69, 9.17) is 14.5 Å². The van der Waals surface area contributed by atoms with Crippen LogP contribution in [0.4, 0.5) is 0 Å². The minimum Gasteiger partial charge on any atom is -0.493 e. The molecule has 0 amide bonds. The lowest BCUT2D eigenvalue weighted by Crippen LogP contribution is -2.53. The van der Waals surface area contributed by atoms with Crippen LogP contribution in [0.1, 0.15) is 63.0 Å². The van der Waals surface area contributed by atoms with Crippen LogP contribution in [0.3, 0.4) is 0 Å². The van der Waals surface area contributed by atoms with Gasteiger partial charge in [-0.15, -0.1) is 0 Å². The SMILES string of the molecule is CCC1CC(N2CCC(c3cc(C)c4nc(-c5ccc(OC)c(OC)c5)[nH]c4c3)CC2)CC(C)N1. The molecule has 3 unspecified atom stereocenters. The molecule has 2 aliphatic rings. The number of ether oxygens (including phenoxy) is 2. The standard InChI is InChI=1S/C29H40N4O2/c1-6-23-17-24(14-19(3)30-23)33-11-9-20(10-12-33)22-13-18(2)28-25(15-22)31-29(32-28)21-7-8-26(34-4)27(16-21)35-5/h7-8,13,15-16,19-20,23-24,30H,6,9-12,14,17H2,1-5H3,(H,31,32). The van der Waals surface area contributed by atoms with Crippen molar-refractivity contribution < 1.29 is 9.47 Å². The summed E-state index contributed by atoms with van der Waals surface area (Å²) in [6, 6.07) is 12.7. The molecule has 6 heteroatoms. The lowest BCUT2D eigenvalue weighted by atomic mass is 9.85. The fraction of sp³-hybridized carbons (Fsp3) is 0.552. The molecule has 2 aliphatic heterocycles. The number of nitrogens with zero attached hydrogens (tertiary/aromatic N) is 2. The van der Waals surface area contributed by atoms with Crippen molar-refractivity contribution >= 4 is 11.0 Å². The van der Waals surface area contributed by atoms with E-state index >= 15 is 0 Å². The highest BCUT2D eigenvalue weighted by atomic mass is 16.5. The molecule has 2 N–H and O–H groups in total. The zero-order valence-electron chi connectivity index (χ0n) is 21.9. The predicted octanol–water partition coefficient (Wildman–Crippen LogP) is 5.65. The number of aromatic amines is 1. The highest BCUT2D eigenvalue weighted by Crippen LogP contribution is 2.36. The van der Waals surface area contributed by atoms with E-state index in [-0.39, 0.29) is 0 Å². The third kappa shape index (κ3) is 4.91. The maximum Gasteiger partial charge on any atom is 0.161 e. The largest absolute Gasteiger partial charge is 0.493 e. The van der Waals surface area contributed by atoms with E-state index in [9.17, 15) is 0 Å².